The minimum Gasteiger partial charge on any atom is -0.490 e. The largest absolute Gasteiger partial charge is 0.490 e. The maximum atomic E-state index is 11.5. The standard InChI is InChI=1S/C23H23N3O4/c1-13(2)30-20-6-3-14(9-15(20)11-24)12-29-16-4-5-19-18(10-16)17-7-8-25-22(23(27)28)21(17)26-19/h3-6,9-10,13,22,25-26H,7-8,12H2,1-2H3,(H,27,28). The first-order chi connectivity index (χ1) is 14.5. The zero-order chi connectivity index (χ0) is 21.3. The van der Waals surface area contributed by atoms with Crippen LogP contribution >= 0.6 is 0 Å². The number of aromatic amines is 1. The molecule has 2 aromatic carbocycles. The second-order valence-corrected chi connectivity index (χ2v) is 7.60. The number of carboxylic acid groups (broad SMARTS) is 1. The first-order valence-corrected chi connectivity index (χ1v) is 9.89. The minimum absolute atomic E-state index is 0.00543. The highest BCUT2D eigenvalue weighted by atomic mass is 16.5. The van der Waals surface area contributed by atoms with Crippen molar-refractivity contribution in [3.05, 3.63) is 58.8 Å². The number of nitrogens with one attached hydrogen (secondary N) is 2. The molecule has 1 unspecified atom stereocenters. The van der Waals surface area contributed by atoms with E-state index in [1.165, 1.54) is 0 Å². The van der Waals surface area contributed by atoms with Gasteiger partial charge in [0.15, 0.2) is 0 Å². The van der Waals surface area contributed by atoms with E-state index in [0.717, 1.165) is 28.5 Å². The highest BCUT2D eigenvalue weighted by molar-refractivity contribution is 5.89. The van der Waals surface area contributed by atoms with Gasteiger partial charge >= 0.3 is 5.97 Å². The van der Waals surface area contributed by atoms with Gasteiger partial charge in [0.2, 0.25) is 0 Å². The Morgan fingerprint density at radius 3 is 2.87 bits per heavy atom. The van der Waals surface area contributed by atoms with Crippen molar-refractivity contribution in [2.24, 2.45) is 0 Å². The molecule has 0 saturated carbocycles. The lowest BCUT2D eigenvalue weighted by atomic mass is 9.99. The van der Waals surface area contributed by atoms with Gasteiger partial charge in [-0.05, 0) is 61.7 Å². The van der Waals surface area contributed by atoms with Crippen molar-refractivity contribution in [2.45, 2.75) is 39.0 Å². The van der Waals surface area contributed by atoms with Crippen molar-refractivity contribution >= 4 is 16.9 Å². The number of fused-ring (bicyclic) bond motifs is 3. The molecule has 2 heterocycles. The van der Waals surface area contributed by atoms with Crippen molar-refractivity contribution < 1.29 is 19.4 Å². The molecule has 0 bridgehead atoms. The summed E-state index contributed by atoms with van der Waals surface area (Å²) < 4.78 is 11.6. The monoisotopic (exact) mass is 405 g/mol. The summed E-state index contributed by atoms with van der Waals surface area (Å²) in [5, 5.41) is 22.8. The van der Waals surface area contributed by atoms with E-state index in [4.69, 9.17) is 9.47 Å². The van der Waals surface area contributed by atoms with Gasteiger partial charge in [0.05, 0.1) is 11.7 Å². The summed E-state index contributed by atoms with van der Waals surface area (Å²) in [4.78, 5) is 14.8. The molecule has 3 N–H and O–H groups in total. The topological polar surface area (TPSA) is 107 Å². The third-order valence-corrected chi connectivity index (χ3v) is 5.10. The maximum Gasteiger partial charge on any atom is 0.326 e. The fraction of sp³-hybridized carbons (Fsp3) is 0.304. The van der Waals surface area contributed by atoms with Gasteiger partial charge in [-0.1, -0.05) is 6.07 Å². The third-order valence-electron chi connectivity index (χ3n) is 5.10. The van der Waals surface area contributed by atoms with Crippen molar-refractivity contribution in [2.75, 3.05) is 6.54 Å². The number of nitriles is 1. The molecule has 0 radical (unpaired) electrons. The summed E-state index contributed by atoms with van der Waals surface area (Å²) in [6.45, 7) is 4.77. The van der Waals surface area contributed by atoms with Gasteiger partial charge in [0.25, 0.3) is 0 Å². The molecule has 4 rings (SSSR count). The van der Waals surface area contributed by atoms with Gasteiger partial charge in [-0.15, -0.1) is 0 Å². The molecule has 30 heavy (non-hydrogen) atoms. The predicted molar refractivity (Wildman–Crippen MR) is 112 cm³/mol. The summed E-state index contributed by atoms with van der Waals surface area (Å²) in [6, 6.07) is 12.6. The highest BCUT2D eigenvalue weighted by Crippen LogP contribution is 2.32. The summed E-state index contributed by atoms with van der Waals surface area (Å²) in [7, 11) is 0. The van der Waals surface area contributed by atoms with Crippen LogP contribution in [-0.2, 0) is 17.8 Å². The normalized spacial score (nSPS) is 15.6. The minimum atomic E-state index is -0.892. The smallest absolute Gasteiger partial charge is 0.326 e. The fourth-order valence-corrected chi connectivity index (χ4v) is 3.79. The number of hydrogen-bond acceptors (Lipinski definition) is 5. The van der Waals surface area contributed by atoms with E-state index in [9.17, 15) is 15.2 Å². The van der Waals surface area contributed by atoms with Crippen LogP contribution in [0.4, 0.5) is 0 Å². The number of rotatable bonds is 6. The van der Waals surface area contributed by atoms with Crippen molar-refractivity contribution in [1.82, 2.24) is 10.3 Å². The zero-order valence-corrected chi connectivity index (χ0v) is 16.9. The van der Waals surface area contributed by atoms with E-state index in [1.807, 2.05) is 38.1 Å². The maximum absolute atomic E-state index is 11.5. The Morgan fingerprint density at radius 2 is 2.13 bits per heavy atom. The van der Waals surface area contributed by atoms with Crippen LogP contribution in [-0.4, -0.2) is 28.7 Å². The Kier molecular flexibility index (Phi) is 5.34. The lowest BCUT2D eigenvalue weighted by Crippen LogP contribution is -2.34. The lowest BCUT2D eigenvalue weighted by molar-refractivity contribution is -0.139. The Bertz CT molecular complexity index is 1140. The third kappa shape index (κ3) is 3.82. The predicted octanol–water partition coefficient (Wildman–Crippen LogP) is 3.68. The first-order valence-electron chi connectivity index (χ1n) is 9.89. The summed E-state index contributed by atoms with van der Waals surface area (Å²) in [6.07, 6.45) is 0.750. The molecule has 154 valence electrons. The van der Waals surface area contributed by atoms with Crippen molar-refractivity contribution in [3.63, 3.8) is 0 Å². The van der Waals surface area contributed by atoms with E-state index in [0.29, 0.717) is 35.9 Å². The molecule has 0 aliphatic carbocycles. The Labute approximate surface area is 174 Å². The zero-order valence-electron chi connectivity index (χ0n) is 16.9. The van der Waals surface area contributed by atoms with E-state index < -0.39 is 12.0 Å². The van der Waals surface area contributed by atoms with Gasteiger partial charge in [-0.3, -0.25) is 10.1 Å². The van der Waals surface area contributed by atoms with Gasteiger partial charge in [0, 0.05) is 23.1 Å². The highest BCUT2D eigenvalue weighted by Gasteiger charge is 2.29. The van der Waals surface area contributed by atoms with Crippen LogP contribution in [0, 0.1) is 11.3 Å². The quantitative estimate of drug-likeness (QED) is 0.577. The number of carbonyl (C=O) groups is 1. The molecular formula is C23H23N3O4. The second-order valence-electron chi connectivity index (χ2n) is 7.60. The first kappa shape index (κ1) is 19.8. The summed E-state index contributed by atoms with van der Waals surface area (Å²) >= 11 is 0. The number of ether oxygens (including phenoxy) is 2. The molecule has 0 fully saturated rings. The van der Waals surface area contributed by atoms with Crippen molar-refractivity contribution in [3.8, 4) is 17.6 Å². The van der Waals surface area contributed by atoms with Crippen LogP contribution in [0.25, 0.3) is 10.9 Å². The van der Waals surface area contributed by atoms with Crippen LogP contribution in [0.2, 0.25) is 0 Å². The molecule has 3 aromatic rings. The molecule has 7 nitrogen and oxygen atoms in total. The molecule has 1 aliphatic heterocycles. The Hall–Kier alpha value is -3.50. The number of nitrogens with zero attached hydrogens (tertiary/aromatic N) is 1. The van der Waals surface area contributed by atoms with Gasteiger partial charge in [0.1, 0.15) is 30.2 Å². The van der Waals surface area contributed by atoms with Crippen molar-refractivity contribution in [1.29, 1.82) is 5.26 Å². The molecule has 0 amide bonds. The average Bonchev–Trinajstić information content (AvgIpc) is 3.10. The molecule has 7 heteroatoms. The number of carboxylic acids is 1. The van der Waals surface area contributed by atoms with Gasteiger partial charge in [-0.25, -0.2) is 0 Å². The van der Waals surface area contributed by atoms with E-state index in [-0.39, 0.29) is 6.10 Å². The average molecular weight is 405 g/mol. The summed E-state index contributed by atoms with van der Waals surface area (Å²) in [5.41, 5.74) is 3.97. The van der Waals surface area contributed by atoms with E-state index in [1.54, 1.807) is 12.1 Å². The van der Waals surface area contributed by atoms with Crippen LogP contribution in [0.1, 0.15) is 42.3 Å². The van der Waals surface area contributed by atoms with Crippen LogP contribution in [0.5, 0.6) is 11.5 Å². The number of aliphatic carboxylic acids is 1. The number of H-pyrrole nitrogens is 1. The number of benzene rings is 2. The Morgan fingerprint density at radius 1 is 1.30 bits per heavy atom. The molecule has 0 spiro atoms. The van der Waals surface area contributed by atoms with Crippen LogP contribution in [0.15, 0.2) is 36.4 Å². The number of aromatic nitrogens is 1. The molecule has 0 saturated heterocycles. The molecular weight excluding hydrogens is 382 g/mol. The molecule has 1 aromatic heterocycles. The fourth-order valence-electron chi connectivity index (χ4n) is 3.79. The molecule has 1 atom stereocenters. The lowest BCUT2D eigenvalue weighted by Gasteiger charge is -2.20. The van der Waals surface area contributed by atoms with Gasteiger partial charge < -0.3 is 19.6 Å². The van der Waals surface area contributed by atoms with Crippen LogP contribution < -0.4 is 14.8 Å². The molecule has 1 aliphatic rings. The van der Waals surface area contributed by atoms with Crippen LogP contribution in [0.3, 0.4) is 0 Å². The Balaban J connectivity index is 1.55. The van der Waals surface area contributed by atoms with E-state index in [2.05, 4.69) is 16.4 Å². The van der Waals surface area contributed by atoms with E-state index >= 15 is 0 Å². The SMILES string of the molecule is CC(C)Oc1ccc(COc2ccc3[nH]c4c(c3c2)CCNC4C(=O)O)cc1C#N. The second kappa shape index (κ2) is 8.09. The summed E-state index contributed by atoms with van der Waals surface area (Å²) in [5.74, 6) is 0.367. The van der Waals surface area contributed by atoms with Gasteiger partial charge in [-0.2, -0.15) is 5.26 Å². The number of hydrogen-bond donors (Lipinski definition) is 3.